The Bertz CT molecular complexity index is 957. The van der Waals surface area contributed by atoms with Gasteiger partial charge in [0, 0.05) is 0 Å². The van der Waals surface area contributed by atoms with Crippen LogP contribution in [0.1, 0.15) is 156 Å². The number of aromatic hydroxyl groups is 2. The molecule has 0 amide bonds. The molecule has 2 aromatic rings. The number of benzene rings is 2. The molecule has 0 aliphatic heterocycles. The first-order chi connectivity index (χ1) is 20.5. The molecule has 0 spiro atoms. The van der Waals surface area contributed by atoms with Crippen LogP contribution < -0.4 is 0 Å². The first-order valence-electron chi connectivity index (χ1n) is 16.4. The highest BCUT2D eigenvalue weighted by Crippen LogP contribution is 2.18. The Morgan fingerprint density at radius 2 is 0.857 bits per heavy atom. The Hall–Kier alpha value is -3.02. The summed E-state index contributed by atoms with van der Waals surface area (Å²) >= 11 is 0. The van der Waals surface area contributed by atoms with E-state index < -0.39 is 11.9 Å². The third-order valence-electron chi connectivity index (χ3n) is 7.49. The molecule has 0 aromatic heterocycles. The van der Waals surface area contributed by atoms with Crippen LogP contribution in [0.3, 0.4) is 0 Å². The average Bonchev–Trinajstić information content (AvgIpc) is 2.98. The highest BCUT2D eigenvalue weighted by molar-refractivity contribution is 5.92. The summed E-state index contributed by atoms with van der Waals surface area (Å²) in [6, 6.07) is 12.3. The lowest BCUT2D eigenvalue weighted by atomic mass is 10.0. The average molecular weight is 585 g/mol. The van der Waals surface area contributed by atoms with Crippen molar-refractivity contribution in [1.82, 2.24) is 0 Å². The predicted molar refractivity (Wildman–Crippen MR) is 171 cm³/mol. The molecule has 0 heterocycles. The molecule has 0 fully saturated rings. The fourth-order valence-corrected chi connectivity index (χ4v) is 4.90. The summed E-state index contributed by atoms with van der Waals surface area (Å²) in [5, 5.41) is 27.0. The van der Waals surface area contributed by atoms with Crippen LogP contribution in [-0.2, 0) is 4.74 Å². The lowest BCUT2D eigenvalue weighted by Gasteiger charge is -2.06. The second-order valence-electron chi connectivity index (χ2n) is 11.2. The molecule has 2 aromatic carbocycles. The summed E-state index contributed by atoms with van der Waals surface area (Å²) in [7, 11) is 0. The summed E-state index contributed by atoms with van der Waals surface area (Å²) < 4.78 is 5.25. The molecule has 3 N–H and O–H groups in total. The Morgan fingerprint density at radius 1 is 0.524 bits per heavy atom. The number of phenolic OH excluding ortho intramolecular Hbond substituents is 1. The molecule has 6 nitrogen and oxygen atoms in total. The Kier molecular flexibility index (Phi) is 22.6. The monoisotopic (exact) mass is 584 g/mol. The first-order valence-corrected chi connectivity index (χ1v) is 16.4. The van der Waals surface area contributed by atoms with Gasteiger partial charge in [-0.2, -0.15) is 0 Å². The van der Waals surface area contributed by atoms with Gasteiger partial charge >= 0.3 is 11.9 Å². The van der Waals surface area contributed by atoms with Crippen molar-refractivity contribution in [2.75, 3.05) is 6.61 Å². The summed E-state index contributed by atoms with van der Waals surface area (Å²) in [6.07, 6.45) is 27.2. The zero-order chi connectivity index (χ0) is 30.7. The van der Waals surface area contributed by atoms with Gasteiger partial charge in [-0.05, 0) is 30.7 Å². The van der Waals surface area contributed by atoms with Crippen molar-refractivity contribution in [1.29, 1.82) is 0 Å². The van der Waals surface area contributed by atoms with Crippen molar-refractivity contribution in [3.05, 3.63) is 59.7 Å². The fraction of sp³-hybridized carbons (Fsp3) is 0.611. The number of unbranched alkanes of at least 4 members (excludes halogenated alkanes) is 19. The number of carboxylic acids is 1. The van der Waals surface area contributed by atoms with Crippen molar-refractivity contribution in [2.24, 2.45) is 0 Å². The summed E-state index contributed by atoms with van der Waals surface area (Å²) in [4.78, 5) is 22.1. The smallest absolute Gasteiger partial charge is 0.341 e. The number of phenols is 2. The number of carbonyl (C=O) groups is 2. The Morgan fingerprint density at radius 3 is 1.19 bits per heavy atom. The number of carbonyl (C=O) groups excluding carboxylic acids is 1. The highest BCUT2D eigenvalue weighted by Gasteiger charge is 2.11. The van der Waals surface area contributed by atoms with E-state index in [1.165, 1.54) is 134 Å². The van der Waals surface area contributed by atoms with Gasteiger partial charge in [0.15, 0.2) is 0 Å². The molecule has 0 radical (unpaired) electrons. The molecule has 6 heteroatoms. The van der Waals surface area contributed by atoms with Crippen LogP contribution in [-0.4, -0.2) is 33.9 Å². The van der Waals surface area contributed by atoms with Crippen LogP contribution in [0.2, 0.25) is 0 Å². The van der Waals surface area contributed by atoms with Gasteiger partial charge in [0.1, 0.15) is 22.6 Å². The quantitative estimate of drug-likeness (QED) is 0.0886. The first kappa shape index (κ1) is 37.0. The number of rotatable bonds is 23. The maximum Gasteiger partial charge on any atom is 0.341 e. The molecule has 236 valence electrons. The lowest BCUT2D eigenvalue weighted by molar-refractivity contribution is 0.0494. The zero-order valence-corrected chi connectivity index (χ0v) is 26.0. The molecule has 0 aliphatic carbocycles. The standard InChI is InChI=1S/C29H50O3.C7H6O3/c1-2-3-4-5-6-7-8-9-10-11-12-13-14-15-16-17-18-19-20-23-26-32-29(31)27-24-21-22-25-28(27)30;8-6-4-2-1-3-5(6)7(9)10/h21-22,24-25,30H,2-20,23,26H2,1H3;1-4,8H,(H,9,10). The van der Waals surface area contributed by atoms with E-state index in [0.717, 1.165) is 12.8 Å². The van der Waals surface area contributed by atoms with E-state index >= 15 is 0 Å². The lowest BCUT2D eigenvalue weighted by Crippen LogP contribution is -2.06. The minimum atomic E-state index is -1.11. The second-order valence-corrected chi connectivity index (χ2v) is 11.2. The number of hydrogen-bond donors (Lipinski definition) is 3. The van der Waals surface area contributed by atoms with E-state index in [0.29, 0.717) is 6.61 Å². The fourth-order valence-electron chi connectivity index (χ4n) is 4.90. The minimum absolute atomic E-state index is 0.0130. The largest absolute Gasteiger partial charge is 0.507 e. The number of hydrogen-bond acceptors (Lipinski definition) is 5. The van der Waals surface area contributed by atoms with Crippen molar-refractivity contribution >= 4 is 11.9 Å². The van der Waals surface area contributed by atoms with Crippen molar-refractivity contribution < 1.29 is 29.6 Å². The van der Waals surface area contributed by atoms with Gasteiger partial charge in [0.05, 0.1) is 6.61 Å². The van der Waals surface area contributed by atoms with Gasteiger partial charge in [-0.15, -0.1) is 0 Å². The Labute approximate surface area is 254 Å². The summed E-state index contributed by atoms with van der Waals surface area (Å²) in [5.41, 5.74) is 0.183. The third-order valence-corrected chi connectivity index (χ3v) is 7.49. The second kappa shape index (κ2) is 25.7. The van der Waals surface area contributed by atoms with Crippen LogP contribution in [0.15, 0.2) is 48.5 Å². The SMILES string of the molecule is CCCCCCCCCCCCCCCCCCCCCCOC(=O)c1ccccc1O.O=C(O)c1ccccc1O. The normalized spacial score (nSPS) is 10.6. The molecular formula is C36H56O6. The number of esters is 1. The molecular weight excluding hydrogens is 528 g/mol. The van der Waals surface area contributed by atoms with Crippen molar-refractivity contribution in [3.8, 4) is 11.5 Å². The third kappa shape index (κ3) is 19.2. The number of ether oxygens (including phenoxy) is 1. The topological polar surface area (TPSA) is 104 Å². The number of para-hydroxylation sites is 2. The van der Waals surface area contributed by atoms with E-state index in [4.69, 9.17) is 14.9 Å². The van der Waals surface area contributed by atoms with E-state index in [9.17, 15) is 14.7 Å². The van der Waals surface area contributed by atoms with E-state index in [-0.39, 0.29) is 22.6 Å². The minimum Gasteiger partial charge on any atom is -0.507 e. The van der Waals surface area contributed by atoms with Gasteiger partial charge in [0.25, 0.3) is 0 Å². The highest BCUT2D eigenvalue weighted by atomic mass is 16.5. The van der Waals surface area contributed by atoms with Crippen molar-refractivity contribution in [2.45, 2.75) is 135 Å². The number of carboxylic acid groups (broad SMARTS) is 1. The van der Waals surface area contributed by atoms with Gasteiger partial charge in [0.2, 0.25) is 0 Å². The van der Waals surface area contributed by atoms with Crippen LogP contribution in [0.5, 0.6) is 11.5 Å². The van der Waals surface area contributed by atoms with Gasteiger partial charge in [-0.25, -0.2) is 9.59 Å². The zero-order valence-electron chi connectivity index (χ0n) is 26.0. The van der Waals surface area contributed by atoms with Gasteiger partial charge < -0.3 is 20.1 Å². The molecule has 0 atom stereocenters. The molecule has 42 heavy (non-hydrogen) atoms. The summed E-state index contributed by atoms with van der Waals surface area (Å²) in [6.45, 7) is 2.72. The van der Waals surface area contributed by atoms with Gasteiger partial charge in [-0.1, -0.05) is 153 Å². The van der Waals surface area contributed by atoms with E-state index in [1.54, 1.807) is 30.3 Å². The molecule has 0 unspecified atom stereocenters. The molecule has 2 rings (SSSR count). The maximum absolute atomic E-state index is 11.9. The van der Waals surface area contributed by atoms with E-state index in [2.05, 4.69) is 6.92 Å². The molecule has 0 saturated heterocycles. The number of aromatic carboxylic acids is 1. The molecule has 0 bridgehead atoms. The summed E-state index contributed by atoms with van der Waals surface area (Å²) in [5.74, 6) is -1.75. The van der Waals surface area contributed by atoms with Crippen LogP contribution in [0.4, 0.5) is 0 Å². The molecule has 0 saturated carbocycles. The van der Waals surface area contributed by atoms with Crippen molar-refractivity contribution in [3.63, 3.8) is 0 Å². The van der Waals surface area contributed by atoms with Crippen LogP contribution >= 0.6 is 0 Å². The van der Waals surface area contributed by atoms with Gasteiger partial charge in [-0.3, -0.25) is 0 Å². The van der Waals surface area contributed by atoms with E-state index in [1.807, 2.05) is 0 Å². The maximum atomic E-state index is 11.9. The molecule has 0 aliphatic rings. The van der Waals surface area contributed by atoms with Crippen LogP contribution in [0.25, 0.3) is 0 Å². The predicted octanol–water partition coefficient (Wildman–Crippen LogP) is 10.5. The van der Waals surface area contributed by atoms with Crippen LogP contribution in [0, 0.1) is 0 Å². The Balaban J connectivity index is 0.000000738.